The van der Waals surface area contributed by atoms with Gasteiger partial charge in [0.05, 0.1) is 6.61 Å². The summed E-state index contributed by atoms with van der Waals surface area (Å²) in [5, 5.41) is 0. The highest BCUT2D eigenvalue weighted by molar-refractivity contribution is 5.84. The van der Waals surface area contributed by atoms with E-state index >= 15 is 0 Å². The van der Waals surface area contributed by atoms with E-state index in [1.54, 1.807) is 0 Å². The Kier molecular flexibility index (Phi) is 10.9. The fourth-order valence-corrected chi connectivity index (χ4v) is 3.57. The average molecular weight is 447 g/mol. The summed E-state index contributed by atoms with van der Waals surface area (Å²) >= 11 is 0. The van der Waals surface area contributed by atoms with Gasteiger partial charge in [-0.1, -0.05) is 79.3 Å². The molecule has 2 aromatic rings. The van der Waals surface area contributed by atoms with Gasteiger partial charge in [0.15, 0.2) is 0 Å². The maximum atomic E-state index is 12.7. The van der Waals surface area contributed by atoms with Gasteiger partial charge in [-0.15, -0.1) is 0 Å². The number of hydrogen-bond acceptors (Lipinski definition) is 3. The van der Waals surface area contributed by atoms with E-state index in [-0.39, 0.29) is 5.78 Å². The molecule has 0 aliphatic rings. The monoisotopic (exact) mass is 446 g/mol. The lowest BCUT2D eigenvalue weighted by molar-refractivity contribution is -0.117. The zero-order valence-corrected chi connectivity index (χ0v) is 20.7. The van der Waals surface area contributed by atoms with Gasteiger partial charge in [0, 0.05) is 30.6 Å². The Bertz CT molecular complexity index is 1000. The summed E-state index contributed by atoms with van der Waals surface area (Å²) in [6.45, 7) is 17.7. The Morgan fingerprint density at radius 2 is 1.79 bits per heavy atom. The molecular formula is C30H38O3. The number of Topliss-reactive ketones (excluding diaryl/α,β-unsaturated/α-hetero) is 1. The standard InChI is InChI=1S/C30H38O3/c1-7-10-26(11-9-18-32-8-2)15-14-23(4)24(5)19-29(31)20-28-21-30(33-25(28)6)27-16-12-22(3)13-17-27/h9-13,16-17,21H,4-5,7-8,14-15,18-20H2,1-3,6H3/b11-9-,26-10+. The molecule has 0 saturated carbocycles. The number of ketones is 1. The summed E-state index contributed by atoms with van der Waals surface area (Å²) in [5.41, 5.74) is 6.17. The van der Waals surface area contributed by atoms with Crippen LogP contribution in [0.1, 0.15) is 56.4 Å². The lowest BCUT2D eigenvalue weighted by Gasteiger charge is -2.10. The van der Waals surface area contributed by atoms with E-state index in [0.717, 1.165) is 53.1 Å². The minimum Gasteiger partial charge on any atom is -0.461 e. The molecule has 0 aliphatic heterocycles. The van der Waals surface area contributed by atoms with Gasteiger partial charge in [-0.2, -0.15) is 0 Å². The van der Waals surface area contributed by atoms with Gasteiger partial charge in [0.25, 0.3) is 0 Å². The second-order valence-corrected chi connectivity index (χ2v) is 8.41. The first-order valence-electron chi connectivity index (χ1n) is 11.8. The first-order valence-corrected chi connectivity index (χ1v) is 11.8. The highest BCUT2D eigenvalue weighted by Gasteiger charge is 2.14. The van der Waals surface area contributed by atoms with Crippen LogP contribution in [0.15, 0.2) is 82.9 Å². The maximum absolute atomic E-state index is 12.7. The van der Waals surface area contributed by atoms with E-state index in [4.69, 9.17) is 9.15 Å². The fraction of sp³-hybridized carbons (Fsp3) is 0.367. The van der Waals surface area contributed by atoms with Gasteiger partial charge in [0.2, 0.25) is 0 Å². The van der Waals surface area contributed by atoms with Crippen LogP contribution < -0.4 is 0 Å². The predicted molar refractivity (Wildman–Crippen MR) is 138 cm³/mol. The number of rotatable bonds is 14. The van der Waals surface area contributed by atoms with Crippen LogP contribution in [0.5, 0.6) is 0 Å². The van der Waals surface area contributed by atoms with Gasteiger partial charge >= 0.3 is 0 Å². The molecule has 2 rings (SSSR count). The van der Waals surface area contributed by atoms with Crippen molar-refractivity contribution in [1.29, 1.82) is 0 Å². The minimum atomic E-state index is 0.126. The van der Waals surface area contributed by atoms with Crippen LogP contribution in [0.4, 0.5) is 0 Å². The van der Waals surface area contributed by atoms with Crippen LogP contribution in [0.3, 0.4) is 0 Å². The number of benzene rings is 1. The molecule has 0 radical (unpaired) electrons. The minimum absolute atomic E-state index is 0.126. The molecule has 0 spiro atoms. The molecule has 0 N–H and O–H groups in total. The van der Waals surface area contributed by atoms with E-state index in [0.29, 0.717) is 26.1 Å². The number of ether oxygens (including phenoxy) is 1. The maximum Gasteiger partial charge on any atom is 0.141 e. The second kappa shape index (κ2) is 13.6. The van der Waals surface area contributed by atoms with Crippen LogP contribution in [0.25, 0.3) is 11.3 Å². The van der Waals surface area contributed by atoms with Crippen LogP contribution >= 0.6 is 0 Å². The molecule has 1 aromatic heterocycles. The van der Waals surface area contributed by atoms with E-state index in [1.807, 2.05) is 38.1 Å². The summed E-state index contributed by atoms with van der Waals surface area (Å²) in [4.78, 5) is 12.7. The van der Waals surface area contributed by atoms with Crippen molar-refractivity contribution in [3.05, 3.63) is 95.3 Å². The summed E-state index contributed by atoms with van der Waals surface area (Å²) in [5.74, 6) is 1.71. The molecule has 0 fully saturated rings. The van der Waals surface area contributed by atoms with Crippen LogP contribution in [0.2, 0.25) is 0 Å². The molecule has 176 valence electrons. The predicted octanol–water partition coefficient (Wildman–Crippen LogP) is 7.89. The van der Waals surface area contributed by atoms with E-state index < -0.39 is 0 Å². The molecule has 0 amide bonds. The topological polar surface area (TPSA) is 39.4 Å². The van der Waals surface area contributed by atoms with Gasteiger partial charge in [-0.05, 0) is 51.7 Å². The largest absolute Gasteiger partial charge is 0.461 e. The molecule has 1 heterocycles. The average Bonchev–Trinajstić information content (AvgIpc) is 3.14. The molecule has 1 aromatic carbocycles. The first-order chi connectivity index (χ1) is 15.8. The van der Waals surface area contributed by atoms with E-state index in [9.17, 15) is 4.79 Å². The number of hydrogen-bond donors (Lipinski definition) is 0. The second-order valence-electron chi connectivity index (χ2n) is 8.41. The highest BCUT2D eigenvalue weighted by Crippen LogP contribution is 2.27. The number of furan rings is 1. The van der Waals surface area contributed by atoms with Gasteiger partial charge in [-0.3, -0.25) is 4.79 Å². The van der Waals surface area contributed by atoms with Crippen molar-refractivity contribution in [2.45, 2.75) is 59.8 Å². The zero-order chi connectivity index (χ0) is 24.2. The Hall–Kier alpha value is -2.91. The number of carbonyl (C=O) groups is 1. The lowest BCUT2D eigenvalue weighted by Crippen LogP contribution is -2.05. The van der Waals surface area contributed by atoms with Gasteiger partial charge in [-0.25, -0.2) is 0 Å². The molecule has 0 unspecified atom stereocenters. The van der Waals surface area contributed by atoms with Crippen LogP contribution in [0, 0.1) is 13.8 Å². The smallest absolute Gasteiger partial charge is 0.141 e. The van der Waals surface area contributed by atoms with Crippen molar-refractivity contribution in [3.63, 3.8) is 0 Å². The lowest BCUT2D eigenvalue weighted by atomic mass is 9.95. The third-order valence-electron chi connectivity index (χ3n) is 5.59. The van der Waals surface area contributed by atoms with Crippen LogP contribution in [-0.2, 0) is 16.0 Å². The Balaban J connectivity index is 1.89. The first kappa shape index (κ1) is 26.3. The van der Waals surface area contributed by atoms with Crippen molar-refractivity contribution in [2.75, 3.05) is 13.2 Å². The summed E-state index contributed by atoms with van der Waals surface area (Å²) in [6, 6.07) is 10.2. The zero-order valence-electron chi connectivity index (χ0n) is 20.7. The van der Waals surface area contributed by atoms with Crippen LogP contribution in [-0.4, -0.2) is 19.0 Å². The molecule has 3 heteroatoms. The Morgan fingerprint density at radius 1 is 1.06 bits per heavy atom. The van der Waals surface area contributed by atoms with Crippen molar-refractivity contribution in [3.8, 4) is 11.3 Å². The third-order valence-corrected chi connectivity index (χ3v) is 5.59. The molecule has 33 heavy (non-hydrogen) atoms. The quantitative estimate of drug-likeness (QED) is 0.219. The van der Waals surface area contributed by atoms with Gasteiger partial charge in [0.1, 0.15) is 17.3 Å². The van der Waals surface area contributed by atoms with Crippen molar-refractivity contribution < 1.29 is 13.9 Å². The Morgan fingerprint density at radius 3 is 2.45 bits per heavy atom. The number of aryl methyl sites for hydroxylation is 2. The normalized spacial score (nSPS) is 11.8. The highest BCUT2D eigenvalue weighted by atomic mass is 16.5. The molecule has 3 nitrogen and oxygen atoms in total. The molecule has 0 bridgehead atoms. The fourth-order valence-electron chi connectivity index (χ4n) is 3.57. The van der Waals surface area contributed by atoms with Gasteiger partial charge < -0.3 is 9.15 Å². The van der Waals surface area contributed by atoms with Crippen molar-refractivity contribution in [1.82, 2.24) is 0 Å². The number of carbonyl (C=O) groups excluding carboxylic acids is 1. The summed E-state index contributed by atoms with van der Waals surface area (Å²) in [6.07, 6.45) is 9.69. The summed E-state index contributed by atoms with van der Waals surface area (Å²) in [7, 11) is 0. The SMILES string of the molecule is C=C(CCC(/C=C\COCC)=C/CC)C(=C)CC(=O)Cc1cc(-c2ccc(C)cc2)oc1C. The van der Waals surface area contributed by atoms with Crippen molar-refractivity contribution >= 4 is 5.78 Å². The summed E-state index contributed by atoms with van der Waals surface area (Å²) < 4.78 is 11.3. The molecule has 0 atom stereocenters. The molecule has 0 aliphatic carbocycles. The van der Waals surface area contributed by atoms with E-state index in [2.05, 4.69) is 51.3 Å². The Labute approximate surface area is 199 Å². The van der Waals surface area contributed by atoms with E-state index in [1.165, 1.54) is 11.1 Å². The number of allylic oxidation sites excluding steroid dienone is 5. The third kappa shape index (κ3) is 8.86. The molecule has 0 saturated heterocycles. The van der Waals surface area contributed by atoms with Crippen molar-refractivity contribution in [2.24, 2.45) is 0 Å². The molecular weight excluding hydrogens is 408 g/mol.